The second kappa shape index (κ2) is 8.14. The first-order valence-electron chi connectivity index (χ1n) is 6.89. The van der Waals surface area contributed by atoms with Crippen LogP contribution in [0.3, 0.4) is 0 Å². The number of benzene rings is 1. The SMILES string of the molecule is C=Cc1ccccc1O[Si](CCC)(OCC)OCC. The van der Waals surface area contributed by atoms with Crippen LogP contribution in [0, 0.1) is 0 Å². The van der Waals surface area contributed by atoms with Crippen LogP contribution in [-0.4, -0.2) is 22.0 Å². The van der Waals surface area contributed by atoms with Gasteiger partial charge in [0.25, 0.3) is 0 Å². The third-order valence-corrected chi connectivity index (χ3v) is 5.79. The van der Waals surface area contributed by atoms with Gasteiger partial charge in [0.05, 0.1) is 0 Å². The smallest absolute Gasteiger partial charge is 0.500 e. The molecule has 0 saturated carbocycles. The Kier molecular flexibility index (Phi) is 6.84. The Bertz CT molecular complexity index is 376. The van der Waals surface area contributed by atoms with E-state index in [0.29, 0.717) is 13.2 Å². The molecule has 0 aliphatic carbocycles. The predicted octanol–water partition coefficient (Wildman–Crippen LogP) is 4.13. The van der Waals surface area contributed by atoms with Gasteiger partial charge >= 0.3 is 8.80 Å². The van der Waals surface area contributed by atoms with Crippen molar-refractivity contribution in [3.63, 3.8) is 0 Å². The quantitative estimate of drug-likeness (QED) is 0.637. The van der Waals surface area contributed by atoms with E-state index in [0.717, 1.165) is 23.8 Å². The summed E-state index contributed by atoms with van der Waals surface area (Å²) in [4.78, 5) is 0. The first-order chi connectivity index (χ1) is 9.21. The van der Waals surface area contributed by atoms with E-state index in [-0.39, 0.29) is 0 Å². The van der Waals surface area contributed by atoms with Gasteiger partial charge in [0.15, 0.2) is 0 Å². The molecule has 3 nitrogen and oxygen atoms in total. The van der Waals surface area contributed by atoms with Gasteiger partial charge in [0, 0.05) is 24.8 Å². The van der Waals surface area contributed by atoms with E-state index < -0.39 is 8.80 Å². The monoisotopic (exact) mass is 280 g/mol. The molecule has 0 amide bonds. The molecule has 0 aliphatic heterocycles. The van der Waals surface area contributed by atoms with Gasteiger partial charge in [-0.25, -0.2) is 0 Å². The highest BCUT2D eigenvalue weighted by Crippen LogP contribution is 2.26. The largest absolute Gasteiger partial charge is 0.566 e. The van der Waals surface area contributed by atoms with Crippen LogP contribution < -0.4 is 4.43 Å². The summed E-state index contributed by atoms with van der Waals surface area (Å²) in [5, 5.41) is 0. The molecule has 0 fully saturated rings. The molecule has 1 aromatic rings. The lowest BCUT2D eigenvalue weighted by molar-refractivity contribution is 0.116. The minimum Gasteiger partial charge on any atom is -0.500 e. The molecule has 1 aromatic carbocycles. The Morgan fingerprint density at radius 3 is 2.26 bits per heavy atom. The van der Waals surface area contributed by atoms with E-state index in [2.05, 4.69) is 13.5 Å². The van der Waals surface area contributed by atoms with E-state index in [1.54, 1.807) is 6.08 Å². The number of para-hydroxylation sites is 1. The second-order valence-corrected chi connectivity index (χ2v) is 6.79. The van der Waals surface area contributed by atoms with Crippen molar-refractivity contribution in [2.45, 2.75) is 33.2 Å². The lowest BCUT2D eigenvalue weighted by atomic mass is 10.2. The van der Waals surface area contributed by atoms with Crippen molar-refractivity contribution in [3.05, 3.63) is 36.4 Å². The molecule has 0 atom stereocenters. The lowest BCUT2D eigenvalue weighted by Gasteiger charge is -2.29. The Morgan fingerprint density at radius 1 is 1.11 bits per heavy atom. The van der Waals surface area contributed by atoms with Crippen molar-refractivity contribution in [1.82, 2.24) is 0 Å². The lowest BCUT2D eigenvalue weighted by Crippen LogP contribution is -2.49. The first kappa shape index (κ1) is 16.0. The van der Waals surface area contributed by atoms with Crippen molar-refractivity contribution in [1.29, 1.82) is 0 Å². The fourth-order valence-electron chi connectivity index (χ4n) is 1.95. The highest BCUT2D eigenvalue weighted by atomic mass is 28.4. The second-order valence-electron chi connectivity index (χ2n) is 4.14. The summed E-state index contributed by atoms with van der Waals surface area (Å²) in [5.41, 5.74) is 0.967. The van der Waals surface area contributed by atoms with Crippen molar-refractivity contribution in [2.75, 3.05) is 13.2 Å². The zero-order valence-electron chi connectivity index (χ0n) is 12.1. The van der Waals surface area contributed by atoms with Crippen LogP contribution in [0.1, 0.15) is 32.8 Å². The minimum absolute atomic E-state index is 0.600. The summed E-state index contributed by atoms with van der Waals surface area (Å²) in [7, 11) is -2.63. The maximum atomic E-state index is 6.17. The summed E-state index contributed by atoms with van der Waals surface area (Å²) in [6, 6.07) is 8.65. The van der Waals surface area contributed by atoms with Gasteiger partial charge in [-0.3, -0.25) is 0 Å². The minimum atomic E-state index is -2.63. The van der Waals surface area contributed by atoms with Gasteiger partial charge in [-0.2, -0.15) is 0 Å². The molecular weight excluding hydrogens is 256 g/mol. The van der Waals surface area contributed by atoms with E-state index in [9.17, 15) is 0 Å². The first-order valence-corrected chi connectivity index (χ1v) is 8.82. The number of hydrogen-bond donors (Lipinski definition) is 0. The van der Waals surface area contributed by atoms with Crippen LogP contribution in [0.15, 0.2) is 30.8 Å². The standard InChI is InChI=1S/C15H24O3Si/c1-5-13-19(16-7-3,17-8-4)18-15-12-10-9-11-14(15)6-2/h6,9-12H,2,5,7-8,13H2,1,3-4H3. The molecule has 0 unspecified atom stereocenters. The summed E-state index contributed by atoms with van der Waals surface area (Å²) < 4.78 is 17.9. The van der Waals surface area contributed by atoms with E-state index in [1.165, 1.54) is 0 Å². The Balaban J connectivity index is 3.00. The fourth-order valence-corrected chi connectivity index (χ4v) is 4.56. The maximum Gasteiger partial charge on any atom is 0.566 e. The average molecular weight is 280 g/mol. The number of rotatable bonds is 9. The molecule has 106 valence electrons. The van der Waals surface area contributed by atoms with Gasteiger partial charge < -0.3 is 13.3 Å². The van der Waals surface area contributed by atoms with Crippen molar-refractivity contribution < 1.29 is 13.3 Å². The van der Waals surface area contributed by atoms with Gasteiger partial charge in [-0.05, 0) is 19.9 Å². The molecule has 0 saturated heterocycles. The summed E-state index contributed by atoms with van der Waals surface area (Å²) in [5.74, 6) is 0.791. The summed E-state index contributed by atoms with van der Waals surface area (Å²) in [6.45, 7) is 11.1. The van der Waals surface area contributed by atoms with E-state index >= 15 is 0 Å². The van der Waals surface area contributed by atoms with Crippen LogP contribution in [0.4, 0.5) is 0 Å². The van der Waals surface area contributed by atoms with Gasteiger partial charge in [-0.15, -0.1) is 0 Å². The summed E-state index contributed by atoms with van der Waals surface area (Å²) in [6.07, 6.45) is 2.76. The molecule has 0 aromatic heterocycles. The molecule has 19 heavy (non-hydrogen) atoms. The van der Waals surface area contributed by atoms with Gasteiger partial charge in [0.2, 0.25) is 0 Å². The predicted molar refractivity (Wildman–Crippen MR) is 81.3 cm³/mol. The van der Waals surface area contributed by atoms with Gasteiger partial charge in [-0.1, -0.05) is 44.2 Å². The van der Waals surface area contributed by atoms with Crippen molar-refractivity contribution >= 4 is 14.9 Å². The Labute approximate surface area is 117 Å². The topological polar surface area (TPSA) is 27.7 Å². The van der Waals surface area contributed by atoms with Gasteiger partial charge in [0.1, 0.15) is 5.75 Å². The van der Waals surface area contributed by atoms with E-state index in [1.807, 2.05) is 38.1 Å². The number of hydrogen-bond acceptors (Lipinski definition) is 3. The molecule has 0 bridgehead atoms. The third-order valence-electron chi connectivity index (χ3n) is 2.69. The third kappa shape index (κ3) is 4.49. The van der Waals surface area contributed by atoms with Crippen LogP contribution >= 0.6 is 0 Å². The molecule has 0 aliphatic rings. The molecule has 0 heterocycles. The van der Waals surface area contributed by atoms with E-state index in [4.69, 9.17) is 13.3 Å². The molecule has 0 radical (unpaired) electrons. The highest BCUT2D eigenvalue weighted by Gasteiger charge is 2.42. The molecule has 4 heteroatoms. The van der Waals surface area contributed by atoms with Crippen LogP contribution in [-0.2, 0) is 8.85 Å². The molecular formula is C15H24O3Si. The van der Waals surface area contributed by atoms with Crippen LogP contribution in [0.25, 0.3) is 6.08 Å². The molecule has 0 spiro atoms. The highest BCUT2D eigenvalue weighted by molar-refractivity contribution is 6.61. The maximum absolute atomic E-state index is 6.17. The molecule has 0 N–H and O–H groups in total. The van der Waals surface area contributed by atoms with Crippen LogP contribution in [0.2, 0.25) is 6.04 Å². The average Bonchev–Trinajstić information content (AvgIpc) is 2.40. The fraction of sp³-hybridized carbons (Fsp3) is 0.467. The van der Waals surface area contributed by atoms with Crippen molar-refractivity contribution in [3.8, 4) is 5.75 Å². The summed E-state index contributed by atoms with van der Waals surface area (Å²) >= 11 is 0. The normalized spacial score (nSPS) is 11.3. The zero-order valence-corrected chi connectivity index (χ0v) is 13.1. The van der Waals surface area contributed by atoms with Crippen LogP contribution in [0.5, 0.6) is 5.75 Å². The molecule has 1 rings (SSSR count). The Morgan fingerprint density at radius 2 is 1.74 bits per heavy atom. The van der Waals surface area contributed by atoms with Crippen molar-refractivity contribution in [2.24, 2.45) is 0 Å². The zero-order chi connectivity index (χ0) is 14.1. The Hall–Kier alpha value is -1.10.